The van der Waals surface area contributed by atoms with Gasteiger partial charge in [0.1, 0.15) is 0 Å². The molecular weight excluding hydrogens is 292 g/mol. The van der Waals surface area contributed by atoms with E-state index in [1.165, 1.54) is 12.0 Å². The molecule has 7 heteroatoms. The van der Waals surface area contributed by atoms with Gasteiger partial charge in [0.15, 0.2) is 5.76 Å². The summed E-state index contributed by atoms with van der Waals surface area (Å²) in [5, 5.41) is 18.1. The second kappa shape index (κ2) is 5.92. The highest BCUT2D eigenvalue weighted by atomic mass is 16.5. The fraction of sp³-hybridized carbons (Fsp3) is 0.375. The standard InChI is InChI=1S/C16H18N6O/c1-11-9-15(23-19-11)14-3-2-8-22(14)10-12-4-6-13(7-5-12)16-17-20-21-18-16/h4-7,9,14H,2-3,8,10H2,1H3,(H,17,18,20,21)/t14-/m0/s1. The number of likely N-dealkylation sites (tertiary alicyclic amines) is 1. The number of benzene rings is 1. The average Bonchev–Trinajstić information content (AvgIpc) is 3.29. The third kappa shape index (κ3) is 2.87. The molecule has 0 unspecified atom stereocenters. The van der Waals surface area contributed by atoms with Crippen LogP contribution >= 0.6 is 0 Å². The van der Waals surface area contributed by atoms with Crippen molar-refractivity contribution in [3.8, 4) is 11.4 Å². The number of aryl methyl sites for hydroxylation is 1. The van der Waals surface area contributed by atoms with Crippen molar-refractivity contribution in [1.82, 2.24) is 30.7 Å². The maximum atomic E-state index is 5.47. The van der Waals surface area contributed by atoms with Crippen LogP contribution in [0.3, 0.4) is 0 Å². The SMILES string of the molecule is Cc1cc([C@@H]2CCCN2Cc2ccc(-c3nn[nH]n3)cc2)on1. The largest absolute Gasteiger partial charge is 0.359 e. The zero-order valence-electron chi connectivity index (χ0n) is 12.9. The van der Waals surface area contributed by atoms with Crippen molar-refractivity contribution >= 4 is 0 Å². The third-order valence-electron chi connectivity index (χ3n) is 4.28. The number of aromatic nitrogens is 5. The number of nitrogens with zero attached hydrogens (tertiary/aromatic N) is 5. The number of hydrogen-bond acceptors (Lipinski definition) is 6. The van der Waals surface area contributed by atoms with E-state index in [9.17, 15) is 0 Å². The lowest BCUT2D eigenvalue weighted by molar-refractivity contribution is 0.206. The van der Waals surface area contributed by atoms with Gasteiger partial charge in [0.05, 0.1) is 11.7 Å². The smallest absolute Gasteiger partial charge is 0.204 e. The maximum Gasteiger partial charge on any atom is 0.204 e. The number of nitrogens with one attached hydrogen (secondary N) is 1. The van der Waals surface area contributed by atoms with Crippen LogP contribution in [0.4, 0.5) is 0 Å². The van der Waals surface area contributed by atoms with Crippen LogP contribution in [0.5, 0.6) is 0 Å². The molecule has 1 saturated heterocycles. The van der Waals surface area contributed by atoms with Crippen molar-refractivity contribution in [2.75, 3.05) is 6.54 Å². The van der Waals surface area contributed by atoms with Crippen molar-refractivity contribution in [1.29, 1.82) is 0 Å². The average molecular weight is 310 g/mol. The molecular formula is C16H18N6O. The predicted molar refractivity (Wildman–Crippen MR) is 83.2 cm³/mol. The zero-order valence-corrected chi connectivity index (χ0v) is 12.9. The molecule has 2 aromatic heterocycles. The molecule has 3 heterocycles. The Hall–Kier alpha value is -2.54. The van der Waals surface area contributed by atoms with Crippen molar-refractivity contribution in [2.24, 2.45) is 0 Å². The predicted octanol–water partition coefficient (Wildman–Crippen LogP) is 2.50. The van der Waals surface area contributed by atoms with Crippen LogP contribution in [-0.2, 0) is 6.54 Å². The lowest BCUT2D eigenvalue weighted by Crippen LogP contribution is -2.22. The van der Waals surface area contributed by atoms with E-state index in [-0.39, 0.29) is 0 Å². The van der Waals surface area contributed by atoms with Crippen LogP contribution in [0.2, 0.25) is 0 Å². The van der Waals surface area contributed by atoms with E-state index in [1.807, 2.05) is 25.1 Å². The molecule has 118 valence electrons. The Morgan fingerprint density at radius 1 is 1.30 bits per heavy atom. The van der Waals surface area contributed by atoms with E-state index in [1.54, 1.807) is 0 Å². The lowest BCUT2D eigenvalue weighted by Gasteiger charge is -2.22. The normalized spacial score (nSPS) is 18.6. The molecule has 3 aromatic rings. The van der Waals surface area contributed by atoms with Crippen molar-refractivity contribution < 1.29 is 4.52 Å². The first-order valence-electron chi connectivity index (χ1n) is 7.79. The van der Waals surface area contributed by atoms with Gasteiger partial charge in [-0.25, -0.2) is 0 Å². The third-order valence-corrected chi connectivity index (χ3v) is 4.28. The van der Waals surface area contributed by atoms with Gasteiger partial charge in [-0.3, -0.25) is 4.90 Å². The van der Waals surface area contributed by atoms with Gasteiger partial charge >= 0.3 is 0 Å². The first kappa shape index (κ1) is 14.1. The molecule has 0 aliphatic carbocycles. The fourth-order valence-corrected chi connectivity index (χ4v) is 3.16. The highest BCUT2D eigenvalue weighted by molar-refractivity contribution is 5.54. The van der Waals surface area contributed by atoms with Gasteiger partial charge in [0.25, 0.3) is 0 Å². The maximum absolute atomic E-state index is 5.47. The summed E-state index contributed by atoms with van der Waals surface area (Å²) in [6.45, 7) is 3.94. The van der Waals surface area contributed by atoms with Crippen LogP contribution in [0, 0.1) is 6.92 Å². The van der Waals surface area contributed by atoms with E-state index < -0.39 is 0 Å². The molecule has 1 fully saturated rings. The monoisotopic (exact) mass is 310 g/mol. The summed E-state index contributed by atoms with van der Waals surface area (Å²) in [4.78, 5) is 2.45. The number of aromatic amines is 1. The molecule has 0 amide bonds. The lowest BCUT2D eigenvalue weighted by atomic mass is 10.1. The highest BCUT2D eigenvalue weighted by Gasteiger charge is 2.28. The van der Waals surface area contributed by atoms with E-state index in [0.29, 0.717) is 11.9 Å². The van der Waals surface area contributed by atoms with Gasteiger partial charge in [-0.15, -0.1) is 10.2 Å². The zero-order chi connectivity index (χ0) is 15.6. The van der Waals surface area contributed by atoms with Crippen molar-refractivity contribution in [3.63, 3.8) is 0 Å². The molecule has 4 rings (SSSR count). The van der Waals surface area contributed by atoms with Crippen molar-refractivity contribution in [3.05, 3.63) is 47.3 Å². The van der Waals surface area contributed by atoms with E-state index in [2.05, 4.69) is 42.8 Å². The summed E-state index contributed by atoms with van der Waals surface area (Å²) >= 11 is 0. The van der Waals surface area contributed by atoms with Crippen LogP contribution in [0.15, 0.2) is 34.9 Å². The number of rotatable bonds is 4. The van der Waals surface area contributed by atoms with E-state index in [4.69, 9.17) is 4.52 Å². The quantitative estimate of drug-likeness (QED) is 0.797. The number of tetrazole rings is 1. The van der Waals surface area contributed by atoms with Crippen LogP contribution < -0.4 is 0 Å². The Morgan fingerprint density at radius 2 is 2.17 bits per heavy atom. The molecule has 1 N–H and O–H groups in total. The molecule has 0 radical (unpaired) electrons. The van der Waals surface area contributed by atoms with Crippen LogP contribution in [-0.4, -0.2) is 37.2 Å². The molecule has 23 heavy (non-hydrogen) atoms. The molecule has 0 spiro atoms. The minimum atomic E-state index is 0.327. The first-order chi connectivity index (χ1) is 11.3. The number of H-pyrrole nitrogens is 1. The topological polar surface area (TPSA) is 83.7 Å². The van der Waals surface area contributed by atoms with Crippen molar-refractivity contribution in [2.45, 2.75) is 32.4 Å². The summed E-state index contributed by atoms with van der Waals surface area (Å²) in [5.74, 6) is 1.59. The Balaban J connectivity index is 1.49. The van der Waals surface area contributed by atoms with E-state index in [0.717, 1.165) is 36.5 Å². The highest BCUT2D eigenvalue weighted by Crippen LogP contribution is 2.33. The van der Waals surface area contributed by atoms with Gasteiger partial charge < -0.3 is 4.52 Å². The summed E-state index contributed by atoms with van der Waals surface area (Å²) in [6, 6.07) is 10.7. The van der Waals surface area contributed by atoms with Gasteiger partial charge in [0.2, 0.25) is 5.82 Å². The summed E-state index contributed by atoms with van der Waals surface area (Å²) in [6.07, 6.45) is 2.31. The molecule has 1 atom stereocenters. The Kier molecular flexibility index (Phi) is 3.63. The molecule has 0 saturated carbocycles. The van der Waals surface area contributed by atoms with Gasteiger partial charge in [-0.05, 0) is 37.1 Å². The molecule has 1 aromatic carbocycles. The van der Waals surface area contributed by atoms with Gasteiger partial charge in [-0.1, -0.05) is 29.4 Å². The molecule has 1 aliphatic heterocycles. The second-order valence-electron chi connectivity index (χ2n) is 5.93. The summed E-state index contributed by atoms with van der Waals surface area (Å²) in [7, 11) is 0. The number of hydrogen-bond donors (Lipinski definition) is 1. The fourth-order valence-electron chi connectivity index (χ4n) is 3.16. The molecule has 0 bridgehead atoms. The molecule has 1 aliphatic rings. The Morgan fingerprint density at radius 3 is 2.87 bits per heavy atom. The Labute approximate surface area is 133 Å². The summed E-state index contributed by atoms with van der Waals surface area (Å²) < 4.78 is 5.47. The minimum absolute atomic E-state index is 0.327. The Bertz CT molecular complexity index is 764. The minimum Gasteiger partial charge on any atom is -0.359 e. The first-order valence-corrected chi connectivity index (χ1v) is 7.79. The van der Waals surface area contributed by atoms with Gasteiger partial charge in [0, 0.05) is 18.2 Å². The van der Waals surface area contributed by atoms with Crippen LogP contribution in [0.1, 0.15) is 35.9 Å². The van der Waals surface area contributed by atoms with E-state index >= 15 is 0 Å². The van der Waals surface area contributed by atoms with Crippen LogP contribution in [0.25, 0.3) is 11.4 Å². The molecule has 7 nitrogen and oxygen atoms in total. The second-order valence-corrected chi connectivity index (χ2v) is 5.93. The summed E-state index contributed by atoms with van der Waals surface area (Å²) in [5.41, 5.74) is 3.17. The van der Waals surface area contributed by atoms with Gasteiger partial charge in [-0.2, -0.15) is 5.21 Å².